The molecule has 0 fully saturated rings. The number of hydrogen-bond acceptors (Lipinski definition) is 6. The predicted octanol–water partition coefficient (Wildman–Crippen LogP) is 5.30. The summed E-state index contributed by atoms with van der Waals surface area (Å²) < 4.78 is 11.0. The van der Waals surface area contributed by atoms with Crippen LogP contribution in [0.15, 0.2) is 84.2 Å². The van der Waals surface area contributed by atoms with Crippen molar-refractivity contribution in [2.75, 3.05) is 23.8 Å². The van der Waals surface area contributed by atoms with E-state index in [9.17, 15) is 9.59 Å². The molecule has 0 saturated heterocycles. The number of allylic oxidation sites excluding steroid dienone is 2. The van der Waals surface area contributed by atoms with Crippen LogP contribution in [0.3, 0.4) is 0 Å². The maximum Gasteiger partial charge on any atom is 0.212 e. The van der Waals surface area contributed by atoms with Gasteiger partial charge in [-0.25, -0.2) is 0 Å². The smallest absolute Gasteiger partial charge is 0.212 e. The van der Waals surface area contributed by atoms with Gasteiger partial charge >= 0.3 is 0 Å². The second-order valence-electron chi connectivity index (χ2n) is 7.12. The molecule has 0 radical (unpaired) electrons. The highest BCUT2D eigenvalue weighted by Crippen LogP contribution is 2.29. The Morgan fingerprint density at radius 3 is 1.31 bits per heavy atom. The molecule has 6 nitrogen and oxygen atoms in total. The van der Waals surface area contributed by atoms with Gasteiger partial charge in [0.15, 0.2) is 0 Å². The summed E-state index contributed by atoms with van der Waals surface area (Å²) in [4.78, 5) is 26.6. The van der Waals surface area contributed by atoms with E-state index in [2.05, 4.69) is 10.6 Å². The van der Waals surface area contributed by atoms with Gasteiger partial charge in [0, 0.05) is 22.5 Å². The maximum absolute atomic E-state index is 13.3. The Bertz CT molecular complexity index is 1070. The van der Waals surface area contributed by atoms with Crippen LogP contribution >= 0.6 is 0 Å². The highest BCUT2D eigenvalue weighted by Gasteiger charge is 2.32. The minimum atomic E-state index is -0.248. The summed E-state index contributed by atoms with van der Waals surface area (Å²) in [5.41, 5.74) is 2.51. The Kier molecular flexibility index (Phi) is 6.22. The zero-order valence-electron chi connectivity index (χ0n) is 18.0. The maximum atomic E-state index is 13.3. The number of ether oxygens (including phenoxy) is 2. The average molecular weight is 428 g/mol. The molecule has 1 aliphatic carbocycles. The lowest BCUT2D eigenvalue weighted by Gasteiger charge is -2.23. The third kappa shape index (κ3) is 4.34. The Morgan fingerprint density at radius 1 is 0.594 bits per heavy atom. The lowest BCUT2D eigenvalue weighted by molar-refractivity contribution is 0.0977. The van der Waals surface area contributed by atoms with Gasteiger partial charge < -0.3 is 20.1 Å². The summed E-state index contributed by atoms with van der Waals surface area (Å²) in [6.07, 6.45) is 0. The minimum Gasteiger partial charge on any atom is -0.494 e. The van der Waals surface area contributed by atoms with Gasteiger partial charge in [-0.1, -0.05) is 24.3 Å². The number of carbonyl (C=O) groups is 2. The summed E-state index contributed by atoms with van der Waals surface area (Å²) in [6, 6.07) is 21.3. The van der Waals surface area contributed by atoms with Crippen LogP contribution in [0.25, 0.3) is 0 Å². The number of carbonyl (C=O) groups excluding carboxylic acids is 2. The second kappa shape index (κ2) is 9.39. The van der Waals surface area contributed by atoms with Crippen molar-refractivity contribution >= 4 is 22.9 Å². The standard InChI is InChI=1S/C26H24N2O4/c1-3-31-19-13-9-17(10-14-19)27-23-24(28-18-11-15-20(16-12-18)32-4-2)26(30)22-8-6-5-7-21(22)25(23)29/h5-16,27-28H,3-4H2,1-2H3. The summed E-state index contributed by atoms with van der Waals surface area (Å²) in [7, 11) is 0. The van der Waals surface area contributed by atoms with E-state index in [-0.39, 0.29) is 23.0 Å². The highest BCUT2D eigenvalue weighted by atomic mass is 16.5. The van der Waals surface area contributed by atoms with E-state index in [0.29, 0.717) is 35.7 Å². The van der Waals surface area contributed by atoms with Gasteiger partial charge in [0.2, 0.25) is 11.6 Å². The Hall–Kier alpha value is -4.06. The first-order valence-electron chi connectivity index (χ1n) is 10.5. The molecule has 0 spiro atoms. The van der Waals surface area contributed by atoms with Gasteiger partial charge in [-0.3, -0.25) is 9.59 Å². The number of fused-ring (bicyclic) bond motifs is 1. The van der Waals surface area contributed by atoms with Crippen LogP contribution in [0.2, 0.25) is 0 Å². The number of benzene rings is 3. The third-order valence-corrected chi connectivity index (χ3v) is 4.99. The van der Waals surface area contributed by atoms with Crippen molar-refractivity contribution in [2.45, 2.75) is 13.8 Å². The van der Waals surface area contributed by atoms with Crippen molar-refractivity contribution in [3.8, 4) is 11.5 Å². The van der Waals surface area contributed by atoms with Crippen molar-refractivity contribution < 1.29 is 19.1 Å². The van der Waals surface area contributed by atoms with Crippen LogP contribution in [0.1, 0.15) is 34.6 Å². The topological polar surface area (TPSA) is 76.7 Å². The summed E-state index contributed by atoms with van der Waals surface area (Å²) >= 11 is 0. The Balaban J connectivity index is 1.70. The Morgan fingerprint density at radius 2 is 0.969 bits per heavy atom. The van der Waals surface area contributed by atoms with Crippen molar-refractivity contribution in [2.24, 2.45) is 0 Å². The van der Waals surface area contributed by atoms with E-state index in [4.69, 9.17) is 9.47 Å². The summed E-state index contributed by atoms with van der Waals surface area (Å²) in [5, 5.41) is 6.28. The Labute approximate surface area is 186 Å². The molecule has 3 aromatic carbocycles. The first-order chi connectivity index (χ1) is 15.6. The van der Waals surface area contributed by atoms with E-state index in [1.54, 1.807) is 24.3 Å². The van der Waals surface area contributed by atoms with Gasteiger partial charge in [0.1, 0.15) is 22.9 Å². The van der Waals surface area contributed by atoms with E-state index < -0.39 is 0 Å². The van der Waals surface area contributed by atoms with Crippen LogP contribution in [-0.4, -0.2) is 24.8 Å². The van der Waals surface area contributed by atoms with Crippen LogP contribution in [0, 0.1) is 0 Å². The average Bonchev–Trinajstić information content (AvgIpc) is 2.82. The van der Waals surface area contributed by atoms with Gasteiger partial charge in [0.25, 0.3) is 0 Å². The normalized spacial score (nSPS) is 12.9. The van der Waals surface area contributed by atoms with E-state index in [1.807, 2.05) is 62.4 Å². The number of rotatable bonds is 8. The first kappa shape index (κ1) is 21.2. The molecule has 0 aliphatic heterocycles. The molecule has 0 saturated carbocycles. The van der Waals surface area contributed by atoms with Gasteiger partial charge in [-0.15, -0.1) is 0 Å². The van der Waals surface area contributed by atoms with Gasteiger partial charge in [-0.05, 0) is 62.4 Å². The largest absolute Gasteiger partial charge is 0.494 e. The zero-order valence-corrected chi connectivity index (χ0v) is 18.0. The molecule has 0 atom stereocenters. The molecule has 0 amide bonds. The van der Waals surface area contributed by atoms with E-state index in [1.165, 1.54) is 0 Å². The third-order valence-electron chi connectivity index (χ3n) is 4.99. The van der Waals surface area contributed by atoms with Gasteiger partial charge in [0.05, 0.1) is 13.2 Å². The molecule has 3 aromatic rings. The fourth-order valence-corrected chi connectivity index (χ4v) is 3.51. The quantitative estimate of drug-likeness (QED) is 0.507. The first-order valence-corrected chi connectivity index (χ1v) is 10.5. The molecule has 0 heterocycles. The van der Waals surface area contributed by atoms with Crippen LogP contribution in [0.5, 0.6) is 11.5 Å². The zero-order chi connectivity index (χ0) is 22.5. The summed E-state index contributed by atoms with van der Waals surface area (Å²) in [6.45, 7) is 4.97. The monoisotopic (exact) mass is 428 g/mol. The minimum absolute atomic E-state index is 0.201. The number of hydrogen-bond donors (Lipinski definition) is 2. The fraction of sp³-hybridized carbons (Fsp3) is 0.154. The highest BCUT2D eigenvalue weighted by molar-refractivity contribution is 6.28. The van der Waals surface area contributed by atoms with E-state index >= 15 is 0 Å². The molecular formula is C26H24N2O4. The lowest BCUT2D eigenvalue weighted by Crippen LogP contribution is -2.29. The molecule has 6 heteroatoms. The summed E-state index contributed by atoms with van der Waals surface area (Å²) in [5.74, 6) is 0.970. The van der Waals surface area contributed by atoms with Crippen LogP contribution < -0.4 is 20.1 Å². The second-order valence-corrected chi connectivity index (χ2v) is 7.12. The molecule has 0 aromatic heterocycles. The fourth-order valence-electron chi connectivity index (χ4n) is 3.51. The molecule has 4 rings (SSSR count). The lowest BCUT2D eigenvalue weighted by atomic mass is 9.90. The van der Waals surface area contributed by atoms with Crippen LogP contribution in [0.4, 0.5) is 11.4 Å². The SMILES string of the molecule is CCOc1ccc(NC2=C(Nc3ccc(OCC)cc3)C(=O)c3ccccc3C2=O)cc1. The number of anilines is 2. The predicted molar refractivity (Wildman–Crippen MR) is 125 cm³/mol. The van der Waals surface area contributed by atoms with Crippen molar-refractivity contribution in [1.82, 2.24) is 0 Å². The molecular weight excluding hydrogens is 404 g/mol. The molecule has 0 bridgehead atoms. The number of ketones is 2. The molecule has 1 aliphatic rings. The molecule has 2 N–H and O–H groups in total. The number of Topliss-reactive ketones (excluding diaryl/α,β-unsaturated/α-hetero) is 2. The number of nitrogens with one attached hydrogen (secondary N) is 2. The molecule has 0 unspecified atom stereocenters. The van der Waals surface area contributed by atoms with E-state index in [0.717, 1.165) is 11.5 Å². The van der Waals surface area contributed by atoms with Crippen molar-refractivity contribution in [3.63, 3.8) is 0 Å². The van der Waals surface area contributed by atoms with Crippen LogP contribution in [-0.2, 0) is 0 Å². The molecule has 32 heavy (non-hydrogen) atoms. The van der Waals surface area contributed by atoms with Crippen molar-refractivity contribution in [3.05, 3.63) is 95.3 Å². The van der Waals surface area contributed by atoms with Crippen molar-refractivity contribution in [1.29, 1.82) is 0 Å². The van der Waals surface area contributed by atoms with Gasteiger partial charge in [-0.2, -0.15) is 0 Å². The molecule has 162 valence electrons.